The first kappa shape index (κ1) is 24.3. The van der Waals surface area contributed by atoms with Crippen molar-refractivity contribution in [2.75, 3.05) is 19.7 Å². The average molecular weight is 479 g/mol. The summed E-state index contributed by atoms with van der Waals surface area (Å²) in [6.45, 7) is 6.01. The standard InChI is InChI=1S/C28H31ClN2O3/c1-20-8-3-5-12-26(20)27-15-25(34-30-27)18-31(16-22-10-7-11-23(29)14-22)17-24(32)19-33-28-13-6-4-9-21(28)2/h3-14,24-25,32H,15-19H2,1-2H3. The number of aliphatic hydroxyl groups is 1. The van der Waals surface area contributed by atoms with Gasteiger partial charge in [-0.3, -0.25) is 4.90 Å². The minimum Gasteiger partial charge on any atom is -0.491 e. The van der Waals surface area contributed by atoms with Crippen molar-refractivity contribution < 1.29 is 14.7 Å². The molecule has 0 radical (unpaired) electrons. The monoisotopic (exact) mass is 478 g/mol. The molecule has 2 unspecified atom stereocenters. The van der Waals surface area contributed by atoms with Crippen molar-refractivity contribution in [1.29, 1.82) is 0 Å². The van der Waals surface area contributed by atoms with Crippen molar-refractivity contribution in [3.8, 4) is 5.75 Å². The van der Waals surface area contributed by atoms with Crippen LogP contribution < -0.4 is 4.74 Å². The highest BCUT2D eigenvalue weighted by Gasteiger charge is 2.26. The molecule has 0 saturated carbocycles. The summed E-state index contributed by atoms with van der Waals surface area (Å²) in [5, 5.41) is 15.8. The van der Waals surface area contributed by atoms with Gasteiger partial charge in [0.1, 0.15) is 24.6 Å². The summed E-state index contributed by atoms with van der Waals surface area (Å²) in [6.07, 6.45) is -0.0117. The van der Waals surface area contributed by atoms with E-state index in [4.69, 9.17) is 21.2 Å². The average Bonchev–Trinajstić information content (AvgIpc) is 3.27. The summed E-state index contributed by atoms with van der Waals surface area (Å²) in [4.78, 5) is 7.98. The van der Waals surface area contributed by atoms with Gasteiger partial charge < -0.3 is 14.7 Å². The Labute approximate surface area is 206 Å². The molecular weight excluding hydrogens is 448 g/mol. The van der Waals surface area contributed by atoms with E-state index >= 15 is 0 Å². The fraction of sp³-hybridized carbons (Fsp3) is 0.321. The molecule has 0 bridgehead atoms. The summed E-state index contributed by atoms with van der Waals surface area (Å²) in [6, 6.07) is 23.8. The molecule has 178 valence electrons. The molecule has 1 heterocycles. The van der Waals surface area contributed by atoms with Crippen LogP contribution in [0.2, 0.25) is 5.02 Å². The van der Waals surface area contributed by atoms with Crippen LogP contribution in [0, 0.1) is 13.8 Å². The molecule has 5 nitrogen and oxygen atoms in total. The predicted octanol–water partition coefficient (Wildman–Crippen LogP) is 5.39. The van der Waals surface area contributed by atoms with Crippen LogP contribution in [-0.4, -0.2) is 47.6 Å². The Morgan fingerprint density at radius 3 is 2.59 bits per heavy atom. The van der Waals surface area contributed by atoms with E-state index in [0.29, 0.717) is 24.7 Å². The van der Waals surface area contributed by atoms with Crippen molar-refractivity contribution in [2.45, 2.75) is 39.0 Å². The fourth-order valence-electron chi connectivity index (χ4n) is 4.22. The van der Waals surface area contributed by atoms with Crippen LogP contribution in [0.15, 0.2) is 78.0 Å². The van der Waals surface area contributed by atoms with E-state index in [-0.39, 0.29) is 12.7 Å². The third-order valence-electron chi connectivity index (χ3n) is 5.94. The molecule has 3 aromatic rings. The lowest BCUT2D eigenvalue weighted by molar-refractivity contribution is 0.0212. The van der Waals surface area contributed by atoms with Gasteiger partial charge in [0.05, 0.1) is 5.71 Å². The summed E-state index contributed by atoms with van der Waals surface area (Å²) >= 11 is 6.21. The molecule has 34 heavy (non-hydrogen) atoms. The Hall–Kier alpha value is -2.86. The molecule has 3 aromatic carbocycles. The number of oxime groups is 1. The highest BCUT2D eigenvalue weighted by Crippen LogP contribution is 2.22. The van der Waals surface area contributed by atoms with Gasteiger partial charge >= 0.3 is 0 Å². The topological polar surface area (TPSA) is 54.3 Å². The maximum Gasteiger partial charge on any atom is 0.145 e. The van der Waals surface area contributed by atoms with Crippen LogP contribution in [0.1, 0.15) is 28.7 Å². The molecule has 0 fully saturated rings. The number of hydrogen-bond donors (Lipinski definition) is 1. The minimum atomic E-state index is -0.656. The second-order valence-electron chi connectivity index (χ2n) is 8.84. The number of ether oxygens (including phenoxy) is 1. The molecular formula is C28H31ClN2O3. The normalized spacial score (nSPS) is 16.3. The zero-order valence-electron chi connectivity index (χ0n) is 19.7. The summed E-state index contributed by atoms with van der Waals surface area (Å²) in [5.74, 6) is 0.790. The first-order valence-corrected chi connectivity index (χ1v) is 12.0. The Morgan fingerprint density at radius 2 is 1.82 bits per heavy atom. The molecule has 1 N–H and O–H groups in total. The second-order valence-corrected chi connectivity index (χ2v) is 9.28. The number of halogens is 1. The first-order valence-electron chi connectivity index (χ1n) is 11.6. The maximum absolute atomic E-state index is 10.8. The first-order chi connectivity index (χ1) is 16.5. The van der Waals surface area contributed by atoms with E-state index in [0.717, 1.165) is 34.6 Å². The van der Waals surface area contributed by atoms with Gasteiger partial charge in [-0.15, -0.1) is 0 Å². The Bertz CT molecular complexity index is 1130. The number of nitrogens with zero attached hydrogens (tertiary/aromatic N) is 2. The van der Waals surface area contributed by atoms with Crippen LogP contribution in [0.25, 0.3) is 0 Å². The van der Waals surface area contributed by atoms with Gasteiger partial charge in [0.25, 0.3) is 0 Å². The van der Waals surface area contributed by atoms with E-state index in [2.05, 4.69) is 29.1 Å². The molecule has 1 aliphatic heterocycles. The Kier molecular flexibility index (Phi) is 8.22. The number of para-hydroxylation sites is 1. The van der Waals surface area contributed by atoms with Gasteiger partial charge in [-0.25, -0.2) is 0 Å². The third kappa shape index (κ3) is 6.60. The number of rotatable bonds is 10. The highest BCUT2D eigenvalue weighted by atomic mass is 35.5. The lowest BCUT2D eigenvalue weighted by Crippen LogP contribution is -2.39. The van der Waals surface area contributed by atoms with E-state index in [1.165, 1.54) is 5.56 Å². The molecule has 4 rings (SSSR count). The Balaban J connectivity index is 1.40. The Morgan fingerprint density at radius 1 is 1.06 bits per heavy atom. The van der Waals surface area contributed by atoms with E-state index in [1.807, 2.05) is 67.6 Å². The van der Waals surface area contributed by atoms with Crippen molar-refractivity contribution >= 4 is 17.3 Å². The van der Waals surface area contributed by atoms with Crippen LogP contribution >= 0.6 is 11.6 Å². The summed E-state index contributed by atoms with van der Waals surface area (Å²) < 4.78 is 5.88. The molecule has 0 aromatic heterocycles. The second kappa shape index (κ2) is 11.5. The molecule has 0 aliphatic carbocycles. The van der Waals surface area contributed by atoms with Gasteiger partial charge in [-0.1, -0.05) is 71.4 Å². The lowest BCUT2D eigenvalue weighted by atomic mass is 10.00. The lowest BCUT2D eigenvalue weighted by Gasteiger charge is -2.27. The molecule has 1 aliphatic rings. The van der Waals surface area contributed by atoms with Gasteiger partial charge in [0.2, 0.25) is 0 Å². The summed E-state index contributed by atoms with van der Waals surface area (Å²) in [7, 11) is 0. The largest absolute Gasteiger partial charge is 0.491 e. The van der Waals surface area contributed by atoms with E-state index in [9.17, 15) is 5.11 Å². The summed E-state index contributed by atoms with van der Waals surface area (Å²) in [5.41, 5.74) is 5.40. The van der Waals surface area contributed by atoms with Crippen molar-refractivity contribution in [1.82, 2.24) is 4.90 Å². The van der Waals surface area contributed by atoms with Crippen molar-refractivity contribution in [3.63, 3.8) is 0 Å². The maximum atomic E-state index is 10.8. The van der Waals surface area contributed by atoms with Crippen LogP contribution in [-0.2, 0) is 11.4 Å². The molecule has 0 amide bonds. The van der Waals surface area contributed by atoms with E-state index in [1.54, 1.807) is 0 Å². The van der Waals surface area contributed by atoms with Crippen LogP contribution in [0.4, 0.5) is 0 Å². The fourth-order valence-corrected chi connectivity index (χ4v) is 4.44. The number of aryl methyl sites for hydroxylation is 2. The van der Waals surface area contributed by atoms with Crippen LogP contribution in [0.5, 0.6) is 5.75 Å². The van der Waals surface area contributed by atoms with Crippen molar-refractivity contribution in [2.24, 2.45) is 5.16 Å². The number of hydrogen-bond acceptors (Lipinski definition) is 5. The minimum absolute atomic E-state index is 0.0849. The number of aliphatic hydroxyl groups excluding tert-OH is 1. The highest BCUT2D eigenvalue weighted by molar-refractivity contribution is 6.30. The SMILES string of the molecule is Cc1ccccc1OCC(O)CN(Cc1cccc(Cl)c1)CC1CC(c2ccccc2C)=NO1. The van der Waals surface area contributed by atoms with Gasteiger partial charge in [0.15, 0.2) is 0 Å². The van der Waals surface area contributed by atoms with Gasteiger partial charge in [-0.05, 0) is 48.7 Å². The molecule has 0 saturated heterocycles. The zero-order chi connectivity index (χ0) is 23.9. The molecule has 2 atom stereocenters. The smallest absolute Gasteiger partial charge is 0.145 e. The molecule has 6 heteroatoms. The zero-order valence-corrected chi connectivity index (χ0v) is 20.4. The van der Waals surface area contributed by atoms with Crippen LogP contribution in [0.3, 0.4) is 0 Å². The predicted molar refractivity (Wildman–Crippen MR) is 137 cm³/mol. The van der Waals surface area contributed by atoms with Gasteiger partial charge in [-0.2, -0.15) is 0 Å². The van der Waals surface area contributed by atoms with Gasteiger partial charge in [0, 0.05) is 36.6 Å². The van der Waals surface area contributed by atoms with E-state index < -0.39 is 6.10 Å². The molecule has 0 spiro atoms. The number of benzene rings is 3. The quantitative estimate of drug-likeness (QED) is 0.424. The van der Waals surface area contributed by atoms with Crippen molar-refractivity contribution in [3.05, 3.63) is 100 Å². The third-order valence-corrected chi connectivity index (χ3v) is 6.17.